The lowest BCUT2D eigenvalue weighted by atomic mass is 9.81. The molecule has 1 aromatic carbocycles. The monoisotopic (exact) mass is 554 g/mol. The zero-order chi connectivity index (χ0) is 29.6. The SMILES string of the molecule is COc1cnc(CN[C@H]2CC(=O)C(=O)[C@H](Cc3ccccc3)[C@H](OC(=O)C(C)C)[C@H](C)C(=O)C2=O)c(O)c1OC. The van der Waals surface area contributed by atoms with E-state index in [1.54, 1.807) is 44.2 Å². The minimum Gasteiger partial charge on any atom is -0.503 e. The Labute approximate surface area is 232 Å². The summed E-state index contributed by atoms with van der Waals surface area (Å²) < 4.78 is 15.9. The Morgan fingerprint density at radius 2 is 1.73 bits per heavy atom. The Balaban J connectivity index is 1.95. The van der Waals surface area contributed by atoms with Crippen molar-refractivity contribution < 1.29 is 43.3 Å². The fourth-order valence-corrected chi connectivity index (χ4v) is 4.52. The van der Waals surface area contributed by atoms with Gasteiger partial charge in [-0.1, -0.05) is 51.1 Å². The van der Waals surface area contributed by atoms with Crippen LogP contribution in [0.5, 0.6) is 17.2 Å². The second-order valence-corrected chi connectivity index (χ2v) is 9.95. The third kappa shape index (κ3) is 6.71. The number of Topliss-reactive ketones (excluding diaryl/α,β-unsaturated/α-hetero) is 4. The van der Waals surface area contributed by atoms with Crippen molar-refractivity contribution in [1.82, 2.24) is 10.3 Å². The molecule has 0 saturated heterocycles. The summed E-state index contributed by atoms with van der Waals surface area (Å²) in [6.45, 7) is 4.39. The highest BCUT2D eigenvalue weighted by Gasteiger charge is 2.46. The molecule has 1 aliphatic carbocycles. The number of aromatic nitrogens is 1. The van der Waals surface area contributed by atoms with Crippen LogP contribution in [0.25, 0.3) is 0 Å². The molecule has 0 spiro atoms. The number of esters is 1. The third-order valence-corrected chi connectivity index (χ3v) is 6.88. The Morgan fingerprint density at radius 3 is 2.33 bits per heavy atom. The van der Waals surface area contributed by atoms with E-state index >= 15 is 0 Å². The fourth-order valence-electron chi connectivity index (χ4n) is 4.52. The summed E-state index contributed by atoms with van der Waals surface area (Å²) in [6.07, 6.45) is -0.572. The van der Waals surface area contributed by atoms with E-state index < -0.39 is 65.4 Å². The Morgan fingerprint density at radius 1 is 1.05 bits per heavy atom. The molecule has 1 heterocycles. The number of benzene rings is 1. The minimum absolute atomic E-state index is 0.0182. The van der Waals surface area contributed by atoms with Crippen molar-refractivity contribution in [2.24, 2.45) is 17.8 Å². The Hall–Kier alpha value is -4.12. The molecule has 2 aromatic rings. The van der Waals surface area contributed by atoms with Gasteiger partial charge in [-0.05, 0) is 12.0 Å². The predicted octanol–water partition coefficient (Wildman–Crippen LogP) is 2.01. The van der Waals surface area contributed by atoms with Crippen molar-refractivity contribution >= 4 is 29.1 Å². The van der Waals surface area contributed by atoms with Crippen LogP contribution in [0.3, 0.4) is 0 Å². The molecular weight excluding hydrogens is 520 g/mol. The molecule has 40 heavy (non-hydrogen) atoms. The lowest BCUT2D eigenvalue weighted by molar-refractivity contribution is -0.163. The first-order valence-electron chi connectivity index (χ1n) is 12.9. The summed E-state index contributed by atoms with van der Waals surface area (Å²) in [4.78, 5) is 70.2. The van der Waals surface area contributed by atoms with E-state index in [9.17, 15) is 29.1 Å². The number of ketones is 4. The first kappa shape index (κ1) is 30.4. The van der Waals surface area contributed by atoms with Crippen molar-refractivity contribution in [1.29, 1.82) is 0 Å². The van der Waals surface area contributed by atoms with Crippen LogP contribution in [0.15, 0.2) is 36.5 Å². The summed E-state index contributed by atoms with van der Waals surface area (Å²) in [5.74, 6) is -7.29. The summed E-state index contributed by atoms with van der Waals surface area (Å²) in [5, 5.41) is 13.3. The van der Waals surface area contributed by atoms with Crippen LogP contribution < -0.4 is 14.8 Å². The van der Waals surface area contributed by atoms with Crippen LogP contribution in [0.1, 0.15) is 38.4 Å². The molecule has 214 valence electrons. The highest BCUT2D eigenvalue weighted by atomic mass is 16.5. The number of methoxy groups -OCH3 is 2. The molecule has 0 aliphatic heterocycles. The van der Waals surface area contributed by atoms with Gasteiger partial charge in [-0.3, -0.25) is 29.0 Å². The van der Waals surface area contributed by atoms with Gasteiger partial charge >= 0.3 is 5.97 Å². The number of nitrogens with one attached hydrogen (secondary N) is 1. The molecule has 3 rings (SSSR count). The molecule has 1 aliphatic rings. The normalized spacial score (nSPS) is 21.9. The summed E-state index contributed by atoms with van der Waals surface area (Å²) in [7, 11) is 2.70. The van der Waals surface area contributed by atoms with E-state index in [0.29, 0.717) is 5.56 Å². The summed E-state index contributed by atoms with van der Waals surface area (Å²) in [6, 6.07) is 7.47. The number of carbonyl (C=O) groups is 5. The van der Waals surface area contributed by atoms with E-state index in [4.69, 9.17) is 14.2 Å². The third-order valence-electron chi connectivity index (χ3n) is 6.88. The van der Waals surface area contributed by atoms with Gasteiger partial charge in [-0.25, -0.2) is 0 Å². The first-order chi connectivity index (χ1) is 19.0. The molecule has 11 heteroatoms. The maximum absolute atomic E-state index is 13.5. The van der Waals surface area contributed by atoms with Crippen LogP contribution in [-0.4, -0.2) is 65.6 Å². The number of rotatable bonds is 9. The van der Waals surface area contributed by atoms with Crippen molar-refractivity contribution in [2.75, 3.05) is 14.2 Å². The van der Waals surface area contributed by atoms with E-state index in [1.807, 2.05) is 0 Å². The highest BCUT2D eigenvalue weighted by molar-refractivity contribution is 6.44. The molecular formula is C29H34N2O9. The van der Waals surface area contributed by atoms with E-state index in [0.717, 1.165) is 0 Å². The molecule has 0 unspecified atom stereocenters. The molecule has 2 N–H and O–H groups in total. The number of ether oxygens (including phenoxy) is 3. The maximum atomic E-state index is 13.5. The zero-order valence-electron chi connectivity index (χ0n) is 23.1. The average Bonchev–Trinajstić information content (AvgIpc) is 2.97. The van der Waals surface area contributed by atoms with Crippen molar-refractivity contribution in [2.45, 2.75) is 52.3 Å². The van der Waals surface area contributed by atoms with Crippen molar-refractivity contribution in [3.05, 3.63) is 47.8 Å². The molecule has 11 nitrogen and oxygen atoms in total. The first-order valence-corrected chi connectivity index (χ1v) is 12.9. The van der Waals surface area contributed by atoms with Crippen molar-refractivity contribution in [3.8, 4) is 17.2 Å². The number of carbonyl (C=O) groups excluding carboxylic acids is 5. The van der Waals surface area contributed by atoms with Crippen molar-refractivity contribution in [3.63, 3.8) is 0 Å². The summed E-state index contributed by atoms with van der Waals surface area (Å²) in [5.41, 5.74) is 0.768. The maximum Gasteiger partial charge on any atom is 0.308 e. The van der Waals surface area contributed by atoms with Crippen LogP contribution in [0.4, 0.5) is 0 Å². The van der Waals surface area contributed by atoms with Crippen LogP contribution in [0.2, 0.25) is 0 Å². The van der Waals surface area contributed by atoms with Gasteiger partial charge in [0.15, 0.2) is 11.5 Å². The molecule has 1 aromatic heterocycles. The molecule has 4 atom stereocenters. The fraction of sp³-hybridized carbons (Fsp3) is 0.448. The topological polar surface area (TPSA) is 158 Å². The number of hydrogen-bond donors (Lipinski definition) is 2. The standard InChI is InChI=1S/C29H34N2O9/c1-15(2)29(37)40-27-16(3)23(33)25(35)19(30-13-20-26(36)28(39-5)22(38-4)14-31-20)12-21(32)24(34)18(27)11-17-9-7-6-8-10-17/h6-10,14-16,18-19,27,30,36H,11-13H2,1-5H3/t16-,18+,19+,27-/m1/s1. The smallest absolute Gasteiger partial charge is 0.308 e. The van der Waals surface area contributed by atoms with Crippen LogP contribution >= 0.6 is 0 Å². The molecule has 0 radical (unpaired) electrons. The largest absolute Gasteiger partial charge is 0.503 e. The number of hydrogen-bond acceptors (Lipinski definition) is 11. The number of nitrogens with zero attached hydrogens (tertiary/aromatic N) is 1. The second kappa shape index (κ2) is 13.3. The van der Waals surface area contributed by atoms with E-state index in [2.05, 4.69) is 10.3 Å². The second-order valence-electron chi connectivity index (χ2n) is 9.95. The lowest BCUT2D eigenvalue weighted by Gasteiger charge is -2.29. The Bertz CT molecular complexity index is 1280. The molecule has 1 saturated carbocycles. The van der Waals surface area contributed by atoms with Gasteiger partial charge in [-0.15, -0.1) is 0 Å². The minimum atomic E-state index is -1.38. The Kier molecular flexibility index (Phi) is 10.1. The van der Waals surface area contributed by atoms with E-state index in [-0.39, 0.29) is 35.9 Å². The van der Waals surface area contributed by atoms with Crippen LogP contribution in [-0.2, 0) is 41.7 Å². The summed E-state index contributed by atoms with van der Waals surface area (Å²) >= 11 is 0. The van der Waals surface area contributed by atoms with Gasteiger partial charge < -0.3 is 24.6 Å². The van der Waals surface area contributed by atoms with Gasteiger partial charge in [0.25, 0.3) is 0 Å². The average molecular weight is 555 g/mol. The van der Waals surface area contributed by atoms with Gasteiger partial charge in [0, 0.05) is 13.0 Å². The lowest BCUT2D eigenvalue weighted by Crippen LogP contribution is -2.46. The van der Waals surface area contributed by atoms with Gasteiger partial charge in [0.2, 0.25) is 28.9 Å². The highest BCUT2D eigenvalue weighted by Crippen LogP contribution is 2.37. The molecule has 0 amide bonds. The van der Waals surface area contributed by atoms with E-state index in [1.165, 1.54) is 27.3 Å². The molecule has 1 fully saturated rings. The van der Waals surface area contributed by atoms with Gasteiger partial charge in [0.1, 0.15) is 6.10 Å². The number of pyridine rings is 1. The quantitative estimate of drug-likeness (QED) is 0.345. The molecule has 0 bridgehead atoms. The zero-order valence-corrected chi connectivity index (χ0v) is 23.1. The van der Waals surface area contributed by atoms with Gasteiger partial charge in [-0.2, -0.15) is 0 Å². The number of aromatic hydroxyl groups is 1. The predicted molar refractivity (Wildman–Crippen MR) is 142 cm³/mol. The van der Waals surface area contributed by atoms with Gasteiger partial charge in [0.05, 0.1) is 49.9 Å². The van der Waals surface area contributed by atoms with Crippen LogP contribution in [0, 0.1) is 17.8 Å².